The lowest BCUT2D eigenvalue weighted by Gasteiger charge is -2.06. The van der Waals surface area contributed by atoms with E-state index >= 15 is 0 Å². The Balaban J connectivity index is 2.36. The van der Waals surface area contributed by atoms with Crippen LogP contribution in [0, 0.1) is 0 Å². The zero-order valence-electron chi connectivity index (χ0n) is 11.1. The molecule has 3 heteroatoms. The largest absolute Gasteiger partial charge is 0.422 e. The molecule has 0 radical (unpaired) electrons. The van der Waals surface area contributed by atoms with Crippen molar-refractivity contribution in [3.8, 4) is 0 Å². The molecule has 0 bridgehead atoms. The number of ketones is 1. The molecule has 0 spiro atoms. The van der Waals surface area contributed by atoms with E-state index < -0.39 is 5.97 Å². The number of Topliss-reactive ketones (excluding diaryl/α,β-unsaturated/α-hetero) is 1. The minimum absolute atomic E-state index is 0.0231. The van der Waals surface area contributed by atoms with E-state index in [1.165, 1.54) is 6.92 Å². The van der Waals surface area contributed by atoms with Crippen LogP contribution in [0.3, 0.4) is 0 Å². The number of benzene rings is 2. The van der Waals surface area contributed by atoms with Crippen molar-refractivity contribution in [2.75, 3.05) is 0 Å². The molecule has 0 amide bonds. The van der Waals surface area contributed by atoms with Gasteiger partial charge >= 0.3 is 5.97 Å². The van der Waals surface area contributed by atoms with Crippen LogP contribution in [-0.4, -0.2) is 11.8 Å². The number of allylic oxidation sites excluding steroid dienone is 1. The second-order valence-corrected chi connectivity index (χ2v) is 4.21. The van der Waals surface area contributed by atoms with Crippen molar-refractivity contribution in [1.29, 1.82) is 0 Å². The lowest BCUT2D eigenvalue weighted by molar-refractivity contribution is -0.136. The Morgan fingerprint density at radius 2 is 1.45 bits per heavy atom. The van der Waals surface area contributed by atoms with Crippen LogP contribution < -0.4 is 0 Å². The zero-order valence-corrected chi connectivity index (χ0v) is 11.1. The molecule has 100 valence electrons. The number of hydrogen-bond donors (Lipinski definition) is 0. The first kappa shape index (κ1) is 13.7. The number of hydrogen-bond acceptors (Lipinski definition) is 3. The SMILES string of the molecule is CC(=O)O/C(=C/c1ccccc1)C(=O)c1ccccc1. The van der Waals surface area contributed by atoms with E-state index in [1.807, 2.05) is 36.4 Å². The Bertz CT molecular complexity index is 628. The smallest absolute Gasteiger partial charge is 0.308 e. The summed E-state index contributed by atoms with van der Waals surface area (Å²) in [5.41, 5.74) is 1.28. The first-order valence-corrected chi connectivity index (χ1v) is 6.22. The van der Waals surface area contributed by atoms with Crippen molar-refractivity contribution in [2.45, 2.75) is 6.92 Å². The Morgan fingerprint density at radius 3 is 2.00 bits per heavy atom. The zero-order chi connectivity index (χ0) is 14.4. The predicted molar refractivity (Wildman–Crippen MR) is 77.0 cm³/mol. The van der Waals surface area contributed by atoms with Crippen LogP contribution in [0.25, 0.3) is 6.08 Å². The highest BCUT2D eigenvalue weighted by Crippen LogP contribution is 2.14. The summed E-state index contributed by atoms with van der Waals surface area (Å²) in [6.45, 7) is 1.27. The molecule has 0 saturated heterocycles. The molecular formula is C17H14O3. The summed E-state index contributed by atoms with van der Waals surface area (Å²) < 4.78 is 5.04. The molecule has 0 aliphatic rings. The van der Waals surface area contributed by atoms with Gasteiger partial charge in [-0.05, 0) is 11.6 Å². The molecule has 0 saturated carbocycles. The molecule has 0 aromatic heterocycles. The third-order valence-corrected chi connectivity index (χ3v) is 2.61. The van der Waals surface area contributed by atoms with Crippen molar-refractivity contribution in [1.82, 2.24) is 0 Å². The molecule has 0 aliphatic carbocycles. The summed E-state index contributed by atoms with van der Waals surface area (Å²) in [6, 6.07) is 18.0. The Hall–Kier alpha value is -2.68. The summed E-state index contributed by atoms with van der Waals surface area (Å²) in [6.07, 6.45) is 1.57. The first-order chi connectivity index (χ1) is 9.66. The summed E-state index contributed by atoms with van der Waals surface area (Å²) in [5.74, 6) is -0.809. The molecular weight excluding hydrogens is 252 g/mol. The maximum Gasteiger partial charge on any atom is 0.308 e. The molecule has 2 aromatic carbocycles. The lowest BCUT2D eigenvalue weighted by atomic mass is 10.1. The van der Waals surface area contributed by atoms with Gasteiger partial charge in [0, 0.05) is 12.5 Å². The minimum Gasteiger partial charge on any atom is -0.422 e. The molecule has 2 rings (SSSR count). The topological polar surface area (TPSA) is 43.4 Å². The number of esters is 1. The van der Waals surface area contributed by atoms with Crippen LogP contribution >= 0.6 is 0 Å². The van der Waals surface area contributed by atoms with E-state index in [0.29, 0.717) is 5.56 Å². The monoisotopic (exact) mass is 266 g/mol. The highest BCUT2D eigenvalue weighted by molar-refractivity contribution is 6.10. The molecule has 20 heavy (non-hydrogen) atoms. The van der Waals surface area contributed by atoms with Crippen LogP contribution in [0.4, 0.5) is 0 Å². The van der Waals surface area contributed by atoms with Gasteiger partial charge < -0.3 is 4.74 Å². The normalized spacial score (nSPS) is 10.9. The molecule has 0 aliphatic heterocycles. The fourth-order valence-electron chi connectivity index (χ4n) is 1.73. The summed E-state index contributed by atoms with van der Waals surface area (Å²) >= 11 is 0. The molecule has 3 nitrogen and oxygen atoms in total. The lowest BCUT2D eigenvalue weighted by Crippen LogP contribution is -2.10. The quantitative estimate of drug-likeness (QED) is 0.368. The molecule has 2 aromatic rings. The average Bonchev–Trinajstić information content (AvgIpc) is 2.47. The number of ether oxygens (including phenoxy) is 1. The molecule has 0 N–H and O–H groups in total. The van der Waals surface area contributed by atoms with Crippen LogP contribution in [0.2, 0.25) is 0 Å². The van der Waals surface area contributed by atoms with E-state index in [0.717, 1.165) is 5.56 Å². The summed E-state index contributed by atoms with van der Waals surface area (Å²) in [5, 5.41) is 0. The second-order valence-electron chi connectivity index (χ2n) is 4.21. The molecule has 0 atom stereocenters. The van der Waals surface area contributed by atoms with Gasteiger partial charge in [0.15, 0.2) is 5.76 Å². The van der Waals surface area contributed by atoms with Crippen LogP contribution in [0.1, 0.15) is 22.8 Å². The maximum absolute atomic E-state index is 12.3. The van der Waals surface area contributed by atoms with Crippen molar-refractivity contribution < 1.29 is 14.3 Å². The Kier molecular flexibility index (Phi) is 4.45. The van der Waals surface area contributed by atoms with Gasteiger partial charge in [0.25, 0.3) is 0 Å². The van der Waals surface area contributed by atoms with Gasteiger partial charge in [0.05, 0.1) is 0 Å². The van der Waals surface area contributed by atoms with Gasteiger partial charge in [-0.25, -0.2) is 0 Å². The molecule has 0 heterocycles. The van der Waals surface area contributed by atoms with E-state index in [2.05, 4.69) is 0 Å². The third kappa shape index (κ3) is 3.65. The highest BCUT2D eigenvalue weighted by atomic mass is 16.5. The van der Waals surface area contributed by atoms with Crippen molar-refractivity contribution >= 4 is 17.8 Å². The third-order valence-electron chi connectivity index (χ3n) is 2.61. The van der Waals surface area contributed by atoms with E-state index in [9.17, 15) is 9.59 Å². The van der Waals surface area contributed by atoms with Crippen molar-refractivity contribution in [3.05, 3.63) is 77.5 Å². The van der Waals surface area contributed by atoms with Gasteiger partial charge in [-0.1, -0.05) is 60.7 Å². The van der Waals surface area contributed by atoms with Gasteiger partial charge in [-0.15, -0.1) is 0 Å². The summed E-state index contributed by atoms with van der Waals surface area (Å²) in [7, 11) is 0. The number of carbonyl (C=O) groups is 2. The van der Waals surface area contributed by atoms with Gasteiger partial charge in [0.1, 0.15) is 0 Å². The fourth-order valence-corrected chi connectivity index (χ4v) is 1.73. The van der Waals surface area contributed by atoms with Crippen molar-refractivity contribution in [3.63, 3.8) is 0 Å². The Morgan fingerprint density at radius 1 is 0.900 bits per heavy atom. The van der Waals surface area contributed by atoms with Crippen LogP contribution in [-0.2, 0) is 9.53 Å². The summed E-state index contributed by atoms with van der Waals surface area (Å²) in [4.78, 5) is 23.5. The first-order valence-electron chi connectivity index (χ1n) is 6.22. The maximum atomic E-state index is 12.3. The van der Waals surface area contributed by atoms with Crippen LogP contribution in [0.15, 0.2) is 66.4 Å². The predicted octanol–water partition coefficient (Wildman–Crippen LogP) is 3.47. The number of rotatable bonds is 4. The minimum atomic E-state index is -0.517. The van der Waals surface area contributed by atoms with Crippen molar-refractivity contribution in [2.24, 2.45) is 0 Å². The standard InChI is InChI=1S/C17H14O3/c1-13(18)20-16(12-14-8-4-2-5-9-14)17(19)15-10-6-3-7-11-15/h2-12H,1H3/b16-12+. The van der Waals surface area contributed by atoms with Crippen LogP contribution in [0.5, 0.6) is 0 Å². The highest BCUT2D eigenvalue weighted by Gasteiger charge is 2.15. The fraction of sp³-hybridized carbons (Fsp3) is 0.0588. The van der Waals surface area contributed by atoms with Gasteiger partial charge in [-0.3, -0.25) is 9.59 Å². The van der Waals surface area contributed by atoms with Gasteiger partial charge in [0.2, 0.25) is 5.78 Å². The van der Waals surface area contributed by atoms with E-state index in [4.69, 9.17) is 4.74 Å². The number of carbonyl (C=O) groups excluding carboxylic acids is 2. The van der Waals surface area contributed by atoms with E-state index in [1.54, 1.807) is 30.3 Å². The second kappa shape index (κ2) is 6.48. The van der Waals surface area contributed by atoms with Gasteiger partial charge in [-0.2, -0.15) is 0 Å². The molecule has 0 fully saturated rings. The molecule has 0 unspecified atom stereocenters. The van der Waals surface area contributed by atoms with E-state index in [-0.39, 0.29) is 11.5 Å². The Labute approximate surface area is 117 Å². The average molecular weight is 266 g/mol.